The Morgan fingerprint density at radius 3 is 2.65 bits per heavy atom. The van der Waals surface area contributed by atoms with Crippen molar-refractivity contribution in [3.8, 4) is 0 Å². The summed E-state index contributed by atoms with van der Waals surface area (Å²) in [6, 6.07) is 0.483. The molecule has 1 saturated carbocycles. The van der Waals surface area contributed by atoms with Crippen LogP contribution in [0.2, 0.25) is 0 Å². The number of ether oxygens (including phenoxy) is 1. The fourth-order valence-corrected chi connectivity index (χ4v) is 2.90. The predicted octanol–water partition coefficient (Wildman–Crippen LogP) is 2.28. The minimum absolute atomic E-state index is 0.117. The van der Waals surface area contributed by atoms with E-state index >= 15 is 0 Å². The highest BCUT2D eigenvalue weighted by atomic mass is 16.5. The highest BCUT2D eigenvalue weighted by Crippen LogP contribution is 2.38. The Hall–Kier alpha value is -0.120. The molecule has 0 radical (unpaired) electrons. The van der Waals surface area contributed by atoms with Gasteiger partial charge in [-0.05, 0) is 38.1 Å². The first-order valence-electron chi connectivity index (χ1n) is 7.01. The summed E-state index contributed by atoms with van der Waals surface area (Å²) < 4.78 is 5.45. The second-order valence-electron chi connectivity index (χ2n) is 5.76. The molecule has 0 bridgehead atoms. The van der Waals surface area contributed by atoms with E-state index in [1.807, 2.05) is 6.92 Å². The van der Waals surface area contributed by atoms with Gasteiger partial charge in [-0.3, -0.25) is 4.90 Å². The summed E-state index contributed by atoms with van der Waals surface area (Å²) in [6.07, 6.45) is 2.86. The number of hydrogen-bond donors (Lipinski definition) is 1. The van der Waals surface area contributed by atoms with Gasteiger partial charge in [0.15, 0.2) is 0 Å². The summed E-state index contributed by atoms with van der Waals surface area (Å²) in [4.78, 5) is 2.47. The van der Waals surface area contributed by atoms with Crippen molar-refractivity contribution in [1.29, 1.82) is 0 Å². The van der Waals surface area contributed by atoms with E-state index in [1.54, 1.807) is 0 Å². The fraction of sp³-hybridized carbons (Fsp3) is 1.00. The smallest absolute Gasteiger partial charge is 0.0593 e. The summed E-state index contributed by atoms with van der Waals surface area (Å²) in [7, 11) is 0. The van der Waals surface area contributed by atoms with Gasteiger partial charge >= 0.3 is 0 Å². The van der Waals surface area contributed by atoms with Gasteiger partial charge in [0.2, 0.25) is 0 Å². The average Bonchev–Trinajstić information content (AvgIpc) is 2.29. The van der Waals surface area contributed by atoms with Gasteiger partial charge in [0, 0.05) is 19.2 Å². The number of nitrogens with zero attached hydrogens (tertiary/aromatic N) is 1. The standard InChI is InChI=1S/C14H29NO2/c1-5-15(9-10-17-6-2)13-11-12(16)7-8-14(13,3)4/h12-13,16H,5-11H2,1-4H3. The largest absolute Gasteiger partial charge is 0.393 e. The van der Waals surface area contributed by atoms with Gasteiger partial charge < -0.3 is 9.84 Å². The lowest BCUT2D eigenvalue weighted by Crippen LogP contribution is -2.51. The van der Waals surface area contributed by atoms with Gasteiger partial charge in [-0.25, -0.2) is 0 Å². The van der Waals surface area contributed by atoms with Crippen molar-refractivity contribution in [1.82, 2.24) is 4.90 Å². The zero-order valence-electron chi connectivity index (χ0n) is 11.9. The molecule has 0 spiro atoms. The Morgan fingerprint density at radius 1 is 1.35 bits per heavy atom. The van der Waals surface area contributed by atoms with E-state index in [0.29, 0.717) is 11.5 Å². The molecule has 0 aliphatic heterocycles. The van der Waals surface area contributed by atoms with Crippen LogP contribution in [0.5, 0.6) is 0 Å². The average molecular weight is 243 g/mol. The summed E-state index contributed by atoms with van der Waals surface area (Å²) in [6.45, 7) is 12.5. The van der Waals surface area contributed by atoms with Crippen LogP contribution in [-0.4, -0.2) is 48.5 Å². The van der Waals surface area contributed by atoms with E-state index < -0.39 is 0 Å². The maximum atomic E-state index is 9.87. The van der Waals surface area contributed by atoms with Gasteiger partial charge in [-0.2, -0.15) is 0 Å². The number of likely N-dealkylation sites (N-methyl/N-ethyl adjacent to an activating group) is 1. The Bertz CT molecular complexity index is 218. The molecule has 0 aromatic heterocycles. The molecule has 17 heavy (non-hydrogen) atoms. The number of hydrogen-bond acceptors (Lipinski definition) is 3. The zero-order valence-corrected chi connectivity index (χ0v) is 11.9. The minimum Gasteiger partial charge on any atom is -0.393 e. The third-order valence-corrected chi connectivity index (χ3v) is 4.09. The maximum absolute atomic E-state index is 9.87. The second kappa shape index (κ2) is 6.72. The number of rotatable bonds is 6. The van der Waals surface area contributed by atoms with Gasteiger partial charge in [-0.15, -0.1) is 0 Å². The Balaban J connectivity index is 2.57. The Morgan fingerprint density at radius 2 is 2.06 bits per heavy atom. The van der Waals surface area contributed by atoms with Crippen LogP contribution in [0, 0.1) is 5.41 Å². The molecule has 0 aromatic rings. The molecule has 102 valence electrons. The first-order chi connectivity index (χ1) is 8.01. The number of aliphatic hydroxyl groups is 1. The highest BCUT2D eigenvalue weighted by Gasteiger charge is 2.38. The van der Waals surface area contributed by atoms with Crippen molar-refractivity contribution >= 4 is 0 Å². The monoisotopic (exact) mass is 243 g/mol. The molecule has 1 aliphatic rings. The summed E-state index contributed by atoms with van der Waals surface area (Å²) in [5.74, 6) is 0. The lowest BCUT2D eigenvalue weighted by atomic mass is 9.71. The van der Waals surface area contributed by atoms with Crippen LogP contribution < -0.4 is 0 Å². The van der Waals surface area contributed by atoms with E-state index in [9.17, 15) is 5.11 Å². The van der Waals surface area contributed by atoms with Gasteiger partial charge in [0.25, 0.3) is 0 Å². The van der Waals surface area contributed by atoms with E-state index in [4.69, 9.17) is 4.74 Å². The molecule has 3 nitrogen and oxygen atoms in total. The molecule has 1 aliphatic carbocycles. The quantitative estimate of drug-likeness (QED) is 0.727. The maximum Gasteiger partial charge on any atom is 0.0593 e. The molecule has 1 N–H and O–H groups in total. The Labute approximate surface area is 106 Å². The first kappa shape index (κ1) is 14.9. The zero-order chi connectivity index (χ0) is 12.9. The molecular weight excluding hydrogens is 214 g/mol. The van der Waals surface area contributed by atoms with Crippen LogP contribution in [-0.2, 0) is 4.74 Å². The molecule has 0 heterocycles. The van der Waals surface area contributed by atoms with Crippen LogP contribution in [0.15, 0.2) is 0 Å². The Kier molecular flexibility index (Phi) is 5.90. The molecule has 1 rings (SSSR count). The van der Waals surface area contributed by atoms with Crippen molar-refractivity contribution in [2.45, 2.75) is 59.1 Å². The van der Waals surface area contributed by atoms with Crippen LogP contribution in [0.1, 0.15) is 47.0 Å². The van der Waals surface area contributed by atoms with Crippen molar-refractivity contribution in [2.24, 2.45) is 5.41 Å². The normalized spacial score (nSPS) is 28.6. The van der Waals surface area contributed by atoms with E-state index in [-0.39, 0.29) is 6.10 Å². The molecule has 2 unspecified atom stereocenters. The summed E-state index contributed by atoms with van der Waals surface area (Å²) in [5.41, 5.74) is 0.307. The van der Waals surface area contributed by atoms with Crippen LogP contribution >= 0.6 is 0 Å². The molecule has 2 atom stereocenters. The third-order valence-electron chi connectivity index (χ3n) is 4.09. The van der Waals surface area contributed by atoms with Crippen molar-refractivity contribution in [3.63, 3.8) is 0 Å². The molecule has 0 amide bonds. The van der Waals surface area contributed by atoms with Gasteiger partial charge in [0.05, 0.1) is 12.7 Å². The minimum atomic E-state index is -0.117. The third kappa shape index (κ3) is 4.23. The lowest BCUT2D eigenvalue weighted by molar-refractivity contribution is -0.0194. The van der Waals surface area contributed by atoms with Crippen LogP contribution in [0.4, 0.5) is 0 Å². The molecular formula is C14H29NO2. The summed E-state index contributed by atoms with van der Waals surface area (Å²) in [5, 5.41) is 9.87. The topological polar surface area (TPSA) is 32.7 Å². The van der Waals surface area contributed by atoms with E-state index in [2.05, 4.69) is 25.7 Å². The lowest BCUT2D eigenvalue weighted by Gasteiger charge is -2.46. The fourth-order valence-electron chi connectivity index (χ4n) is 2.90. The molecule has 0 aromatic carbocycles. The van der Waals surface area contributed by atoms with Gasteiger partial charge in [0.1, 0.15) is 0 Å². The van der Waals surface area contributed by atoms with Crippen molar-refractivity contribution < 1.29 is 9.84 Å². The SMILES string of the molecule is CCOCCN(CC)C1CC(O)CCC1(C)C. The molecule has 1 fully saturated rings. The van der Waals surface area contributed by atoms with Crippen molar-refractivity contribution in [2.75, 3.05) is 26.3 Å². The second-order valence-corrected chi connectivity index (χ2v) is 5.76. The highest BCUT2D eigenvalue weighted by molar-refractivity contribution is 4.92. The number of aliphatic hydroxyl groups excluding tert-OH is 1. The van der Waals surface area contributed by atoms with Crippen LogP contribution in [0.25, 0.3) is 0 Å². The van der Waals surface area contributed by atoms with E-state index in [0.717, 1.165) is 45.6 Å². The molecule has 0 saturated heterocycles. The first-order valence-corrected chi connectivity index (χ1v) is 7.01. The van der Waals surface area contributed by atoms with Crippen LogP contribution in [0.3, 0.4) is 0 Å². The van der Waals surface area contributed by atoms with Crippen molar-refractivity contribution in [3.05, 3.63) is 0 Å². The molecule has 3 heteroatoms. The predicted molar refractivity (Wildman–Crippen MR) is 71.2 cm³/mol. The summed E-state index contributed by atoms with van der Waals surface area (Å²) >= 11 is 0. The van der Waals surface area contributed by atoms with E-state index in [1.165, 1.54) is 0 Å². The van der Waals surface area contributed by atoms with Gasteiger partial charge in [-0.1, -0.05) is 20.8 Å².